The van der Waals surface area contributed by atoms with Gasteiger partial charge in [0.2, 0.25) is 0 Å². The maximum absolute atomic E-state index is 13.6. The van der Waals surface area contributed by atoms with Crippen molar-refractivity contribution in [2.45, 2.75) is 18.9 Å². The zero-order chi connectivity index (χ0) is 11.5. The molecule has 0 aromatic carbocycles. The topological polar surface area (TPSA) is 25.4 Å². The lowest BCUT2D eigenvalue weighted by Gasteiger charge is -2.22. The largest absolute Gasteiger partial charge is 0.376 e. The summed E-state index contributed by atoms with van der Waals surface area (Å²) in [6.07, 6.45) is 3.94. The Hall–Kier alpha value is -0.680. The lowest BCUT2D eigenvalue weighted by Crippen LogP contribution is -2.29. The van der Waals surface area contributed by atoms with Crippen molar-refractivity contribution in [2.75, 3.05) is 25.1 Å². The Bertz CT molecular complexity index is 369. The van der Waals surface area contributed by atoms with Crippen LogP contribution < -0.4 is 4.90 Å². The van der Waals surface area contributed by atoms with Crippen molar-refractivity contribution in [3.63, 3.8) is 0 Å². The fourth-order valence-electron chi connectivity index (χ4n) is 1.87. The number of hydrogen-bond donors (Lipinski definition) is 0. The van der Waals surface area contributed by atoms with Crippen LogP contribution in [-0.2, 0) is 4.74 Å². The number of rotatable bonds is 3. The molecule has 0 spiro atoms. The summed E-state index contributed by atoms with van der Waals surface area (Å²) in [4.78, 5) is 5.87. The number of aromatic nitrogens is 1. The van der Waals surface area contributed by atoms with E-state index in [-0.39, 0.29) is 11.9 Å². The summed E-state index contributed by atoms with van der Waals surface area (Å²) in [6.45, 7) is 1.50. The van der Waals surface area contributed by atoms with Crippen LogP contribution in [0.3, 0.4) is 0 Å². The van der Waals surface area contributed by atoms with Gasteiger partial charge in [-0.3, -0.25) is 0 Å². The Balaban J connectivity index is 2.04. The molecule has 0 bridgehead atoms. The molecule has 3 nitrogen and oxygen atoms in total. The Morgan fingerprint density at radius 2 is 2.50 bits per heavy atom. The molecular formula is C11H14BrFN2O. The van der Waals surface area contributed by atoms with E-state index < -0.39 is 0 Å². The first kappa shape index (κ1) is 11.8. The highest BCUT2D eigenvalue weighted by molar-refractivity contribution is 9.10. The van der Waals surface area contributed by atoms with E-state index in [2.05, 4.69) is 20.9 Å². The van der Waals surface area contributed by atoms with Crippen LogP contribution in [0.1, 0.15) is 12.8 Å². The third-order valence-corrected chi connectivity index (χ3v) is 3.09. The summed E-state index contributed by atoms with van der Waals surface area (Å²) >= 11 is 3.19. The molecule has 1 aromatic heterocycles. The molecule has 1 fully saturated rings. The van der Waals surface area contributed by atoms with E-state index in [1.54, 1.807) is 11.1 Å². The smallest absolute Gasteiger partial charge is 0.166 e. The van der Waals surface area contributed by atoms with E-state index in [1.807, 2.05) is 7.05 Å². The molecular weight excluding hydrogens is 275 g/mol. The Morgan fingerprint density at radius 1 is 1.69 bits per heavy atom. The summed E-state index contributed by atoms with van der Waals surface area (Å²) < 4.78 is 19.8. The number of likely N-dealkylation sites (N-methyl/N-ethyl adjacent to an activating group) is 1. The first-order valence-corrected chi connectivity index (χ1v) is 6.10. The second kappa shape index (κ2) is 5.10. The molecule has 0 saturated carbocycles. The van der Waals surface area contributed by atoms with Gasteiger partial charge in [0.1, 0.15) is 0 Å². The van der Waals surface area contributed by atoms with Gasteiger partial charge in [0.25, 0.3) is 0 Å². The van der Waals surface area contributed by atoms with Crippen molar-refractivity contribution in [1.82, 2.24) is 4.98 Å². The molecule has 5 heteroatoms. The molecule has 16 heavy (non-hydrogen) atoms. The van der Waals surface area contributed by atoms with E-state index in [0.29, 0.717) is 16.8 Å². The highest BCUT2D eigenvalue weighted by Gasteiger charge is 2.19. The van der Waals surface area contributed by atoms with Gasteiger partial charge in [-0.1, -0.05) is 0 Å². The van der Waals surface area contributed by atoms with Crippen molar-refractivity contribution >= 4 is 21.7 Å². The number of halogens is 2. The minimum Gasteiger partial charge on any atom is -0.376 e. The molecule has 0 radical (unpaired) electrons. The minimum absolute atomic E-state index is 0.204. The molecule has 0 N–H and O–H groups in total. The van der Waals surface area contributed by atoms with Gasteiger partial charge in [0.15, 0.2) is 11.6 Å². The van der Waals surface area contributed by atoms with E-state index in [1.165, 1.54) is 6.07 Å². The predicted octanol–water partition coefficient (Wildman–Crippen LogP) is 2.60. The SMILES string of the molecule is CN(CC1CCCO1)c1ncc(Br)cc1F. The zero-order valence-electron chi connectivity index (χ0n) is 9.12. The highest BCUT2D eigenvalue weighted by atomic mass is 79.9. The number of ether oxygens (including phenoxy) is 1. The summed E-state index contributed by atoms with van der Waals surface area (Å²) in [5, 5.41) is 0. The van der Waals surface area contributed by atoms with Gasteiger partial charge < -0.3 is 9.64 Å². The third kappa shape index (κ3) is 2.71. The molecule has 0 aliphatic carbocycles. The molecule has 1 aromatic rings. The van der Waals surface area contributed by atoms with Gasteiger partial charge in [-0.05, 0) is 34.8 Å². The van der Waals surface area contributed by atoms with E-state index in [4.69, 9.17) is 4.74 Å². The molecule has 1 saturated heterocycles. The van der Waals surface area contributed by atoms with Crippen LogP contribution in [0.25, 0.3) is 0 Å². The molecule has 1 unspecified atom stereocenters. The second-order valence-electron chi connectivity index (χ2n) is 3.97. The van der Waals surface area contributed by atoms with Crippen molar-refractivity contribution in [2.24, 2.45) is 0 Å². The lowest BCUT2D eigenvalue weighted by molar-refractivity contribution is 0.116. The maximum Gasteiger partial charge on any atom is 0.166 e. The minimum atomic E-state index is -0.310. The summed E-state index contributed by atoms with van der Waals surface area (Å²) in [5.41, 5.74) is 0. The first-order chi connectivity index (χ1) is 7.66. The van der Waals surface area contributed by atoms with Crippen molar-refractivity contribution in [1.29, 1.82) is 0 Å². The van der Waals surface area contributed by atoms with Crippen LogP contribution in [0.2, 0.25) is 0 Å². The fraction of sp³-hybridized carbons (Fsp3) is 0.545. The number of hydrogen-bond acceptors (Lipinski definition) is 3. The van der Waals surface area contributed by atoms with Gasteiger partial charge in [-0.25, -0.2) is 9.37 Å². The van der Waals surface area contributed by atoms with Gasteiger partial charge in [0, 0.05) is 30.9 Å². The van der Waals surface area contributed by atoms with Gasteiger partial charge in [0.05, 0.1) is 6.10 Å². The molecule has 88 valence electrons. The predicted molar refractivity (Wildman–Crippen MR) is 64.1 cm³/mol. The number of anilines is 1. The molecule has 1 aliphatic heterocycles. The third-order valence-electron chi connectivity index (χ3n) is 2.65. The van der Waals surface area contributed by atoms with E-state index in [9.17, 15) is 4.39 Å². The molecule has 0 amide bonds. The van der Waals surface area contributed by atoms with Gasteiger partial charge in [-0.2, -0.15) is 0 Å². The average Bonchev–Trinajstić information content (AvgIpc) is 2.70. The highest BCUT2D eigenvalue weighted by Crippen LogP contribution is 2.21. The Kier molecular flexibility index (Phi) is 3.76. The van der Waals surface area contributed by atoms with Crippen LogP contribution in [-0.4, -0.2) is 31.3 Å². The van der Waals surface area contributed by atoms with Crippen molar-refractivity contribution in [3.8, 4) is 0 Å². The second-order valence-corrected chi connectivity index (χ2v) is 4.89. The number of nitrogens with zero attached hydrogens (tertiary/aromatic N) is 2. The molecule has 1 atom stereocenters. The summed E-state index contributed by atoms with van der Waals surface area (Å²) in [5.74, 6) is 0.0635. The first-order valence-electron chi connectivity index (χ1n) is 5.30. The van der Waals surface area contributed by atoms with Crippen molar-refractivity contribution < 1.29 is 9.13 Å². The maximum atomic E-state index is 13.6. The summed E-state index contributed by atoms with van der Waals surface area (Å²) in [7, 11) is 1.83. The standard InChI is InChI=1S/C11H14BrFN2O/c1-15(7-9-3-2-4-16-9)11-10(13)5-8(12)6-14-11/h5-6,9H,2-4,7H2,1H3. The van der Waals surface area contributed by atoms with Crippen LogP contribution in [0, 0.1) is 5.82 Å². The van der Waals surface area contributed by atoms with Gasteiger partial charge in [-0.15, -0.1) is 0 Å². The van der Waals surface area contributed by atoms with E-state index in [0.717, 1.165) is 19.4 Å². The number of pyridine rings is 1. The van der Waals surface area contributed by atoms with E-state index >= 15 is 0 Å². The van der Waals surface area contributed by atoms with Gasteiger partial charge >= 0.3 is 0 Å². The molecule has 2 rings (SSSR count). The Morgan fingerprint density at radius 3 is 3.12 bits per heavy atom. The normalized spacial score (nSPS) is 20.1. The van der Waals surface area contributed by atoms with Crippen molar-refractivity contribution in [3.05, 3.63) is 22.6 Å². The summed E-state index contributed by atoms with van der Waals surface area (Å²) in [6, 6.07) is 1.42. The average molecular weight is 289 g/mol. The fourth-order valence-corrected chi connectivity index (χ4v) is 2.17. The zero-order valence-corrected chi connectivity index (χ0v) is 10.7. The molecule has 1 aliphatic rings. The molecule has 2 heterocycles. The Labute approximate surface area is 103 Å². The van der Waals surface area contributed by atoms with Crippen LogP contribution in [0.15, 0.2) is 16.7 Å². The lowest BCUT2D eigenvalue weighted by atomic mass is 10.2. The van der Waals surface area contributed by atoms with Crippen LogP contribution >= 0.6 is 15.9 Å². The quantitative estimate of drug-likeness (QED) is 0.855. The monoisotopic (exact) mass is 288 g/mol. The van der Waals surface area contributed by atoms with Crippen LogP contribution in [0.4, 0.5) is 10.2 Å². The van der Waals surface area contributed by atoms with Crippen LogP contribution in [0.5, 0.6) is 0 Å².